The van der Waals surface area contributed by atoms with Crippen molar-refractivity contribution in [1.29, 1.82) is 0 Å². The van der Waals surface area contributed by atoms with E-state index in [0.717, 1.165) is 24.3 Å². The van der Waals surface area contributed by atoms with Crippen LogP contribution in [0.3, 0.4) is 0 Å². The Hall–Kier alpha value is -0.970. The fourth-order valence-electron chi connectivity index (χ4n) is 3.37. The first-order valence-corrected chi connectivity index (χ1v) is 7.64. The lowest BCUT2D eigenvalue weighted by atomic mass is 9.95. The topological polar surface area (TPSA) is 39.7 Å². The summed E-state index contributed by atoms with van der Waals surface area (Å²) in [4.78, 5) is 0. The highest BCUT2D eigenvalue weighted by Crippen LogP contribution is 2.39. The average molecular weight is 296 g/mol. The first kappa shape index (κ1) is 12.7. The van der Waals surface area contributed by atoms with Crippen molar-refractivity contribution in [2.24, 2.45) is 0 Å². The predicted molar refractivity (Wildman–Crippen MR) is 75.6 cm³/mol. The summed E-state index contributed by atoms with van der Waals surface area (Å²) in [5, 5.41) is 4.21. The normalized spacial score (nSPS) is 30.8. The monoisotopic (exact) mass is 295 g/mol. The third kappa shape index (κ3) is 2.26. The SMILES string of the molecule is Clc1cc(CNC2CC3CCC2O3)cc2c1OCCO2. The van der Waals surface area contributed by atoms with E-state index < -0.39 is 0 Å². The zero-order chi connectivity index (χ0) is 13.5. The van der Waals surface area contributed by atoms with Crippen molar-refractivity contribution < 1.29 is 14.2 Å². The van der Waals surface area contributed by atoms with Crippen LogP contribution in [0.4, 0.5) is 0 Å². The van der Waals surface area contributed by atoms with Gasteiger partial charge in [-0.3, -0.25) is 0 Å². The number of hydrogen-bond acceptors (Lipinski definition) is 4. The van der Waals surface area contributed by atoms with Crippen molar-refractivity contribution in [1.82, 2.24) is 5.32 Å². The summed E-state index contributed by atoms with van der Waals surface area (Å²) in [5.41, 5.74) is 1.13. The molecule has 4 nitrogen and oxygen atoms in total. The van der Waals surface area contributed by atoms with E-state index in [0.29, 0.717) is 42.2 Å². The fraction of sp³-hybridized carbons (Fsp3) is 0.600. The van der Waals surface area contributed by atoms with Crippen LogP contribution in [0.15, 0.2) is 12.1 Å². The van der Waals surface area contributed by atoms with Crippen molar-refractivity contribution >= 4 is 11.6 Å². The molecule has 1 aromatic carbocycles. The van der Waals surface area contributed by atoms with Gasteiger partial charge in [0.25, 0.3) is 0 Å². The summed E-state index contributed by atoms with van der Waals surface area (Å²) in [6, 6.07) is 4.44. The predicted octanol–water partition coefficient (Wildman–Crippen LogP) is 2.52. The number of nitrogens with one attached hydrogen (secondary N) is 1. The van der Waals surface area contributed by atoms with Gasteiger partial charge in [0.15, 0.2) is 11.5 Å². The van der Waals surface area contributed by atoms with Crippen molar-refractivity contribution in [3.05, 3.63) is 22.7 Å². The maximum Gasteiger partial charge on any atom is 0.179 e. The second-order valence-corrected chi connectivity index (χ2v) is 6.11. The van der Waals surface area contributed by atoms with Gasteiger partial charge in [0.05, 0.1) is 17.2 Å². The van der Waals surface area contributed by atoms with E-state index in [-0.39, 0.29) is 0 Å². The summed E-state index contributed by atoms with van der Waals surface area (Å²) in [7, 11) is 0. The molecule has 2 bridgehead atoms. The van der Waals surface area contributed by atoms with Gasteiger partial charge in [-0.1, -0.05) is 11.6 Å². The van der Waals surface area contributed by atoms with Crippen LogP contribution in [0.1, 0.15) is 24.8 Å². The van der Waals surface area contributed by atoms with E-state index in [1.807, 2.05) is 12.1 Å². The van der Waals surface area contributed by atoms with Crippen molar-refractivity contribution in [3.63, 3.8) is 0 Å². The number of benzene rings is 1. The molecule has 0 amide bonds. The van der Waals surface area contributed by atoms with Crippen molar-refractivity contribution in [2.75, 3.05) is 13.2 Å². The third-order valence-corrected chi connectivity index (χ3v) is 4.61. The Morgan fingerprint density at radius 2 is 2.10 bits per heavy atom. The second-order valence-electron chi connectivity index (χ2n) is 5.70. The molecule has 0 aromatic heterocycles. The van der Waals surface area contributed by atoms with Gasteiger partial charge in [0, 0.05) is 12.6 Å². The Morgan fingerprint density at radius 3 is 2.90 bits per heavy atom. The summed E-state index contributed by atoms with van der Waals surface area (Å²) >= 11 is 6.25. The van der Waals surface area contributed by atoms with Crippen LogP contribution in [0.25, 0.3) is 0 Å². The molecule has 5 heteroatoms. The molecule has 1 N–H and O–H groups in total. The first-order valence-electron chi connectivity index (χ1n) is 7.26. The molecule has 2 fully saturated rings. The molecule has 3 heterocycles. The Kier molecular flexibility index (Phi) is 3.25. The lowest BCUT2D eigenvalue weighted by Crippen LogP contribution is -2.37. The van der Waals surface area contributed by atoms with Gasteiger partial charge in [-0.15, -0.1) is 0 Å². The highest BCUT2D eigenvalue weighted by atomic mass is 35.5. The maximum atomic E-state index is 6.25. The van der Waals surface area contributed by atoms with Gasteiger partial charge in [0.2, 0.25) is 0 Å². The minimum atomic E-state index is 0.396. The zero-order valence-electron chi connectivity index (χ0n) is 11.2. The molecule has 4 rings (SSSR count). The molecule has 3 aliphatic rings. The minimum absolute atomic E-state index is 0.396. The number of hydrogen-bond donors (Lipinski definition) is 1. The average Bonchev–Trinajstić information content (AvgIpc) is 3.08. The lowest BCUT2D eigenvalue weighted by Gasteiger charge is -2.22. The molecule has 0 radical (unpaired) electrons. The van der Waals surface area contributed by atoms with Crippen LogP contribution < -0.4 is 14.8 Å². The van der Waals surface area contributed by atoms with Gasteiger partial charge < -0.3 is 19.5 Å². The largest absolute Gasteiger partial charge is 0.486 e. The van der Waals surface area contributed by atoms with Crippen LogP contribution in [-0.2, 0) is 11.3 Å². The molecule has 1 aromatic rings. The van der Waals surface area contributed by atoms with Crippen LogP contribution >= 0.6 is 11.6 Å². The summed E-state index contributed by atoms with van der Waals surface area (Å²) in [6.07, 6.45) is 4.40. The minimum Gasteiger partial charge on any atom is -0.486 e. The Bertz CT molecular complexity index is 522. The second kappa shape index (κ2) is 5.10. The van der Waals surface area contributed by atoms with Crippen LogP contribution in [0.2, 0.25) is 5.02 Å². The molecule has 2 saturated heterocycles. The molecule has 0 saturated carbocycles. The standard InChI is InChI=1S/C15H18ClNO3/c16-11-5-9(6-14-15(11)19-4-3-18-14)8-17-12-7-10-1-2-13(12)20-10/h5-6,10,12-13,17H,1-4,7-8H2. The number of ether oxygens (including phenoxy) is 3. The van der Waals surface area contributed by atoms with E-state index in [1.54, 1.807) is 0 Å². The molecule has 3 aliphatic heterocycles. The van der Waals surface area contributed by atoms with Gasteiger partial charge in [0.1, 0.15) is 13.2 Å². The van der Waals surface area contributed by atoms with Gasteiger partial charge in [-0.2, -0.15) is 0 Å². The van der Waals surface area contributed by atoms with Gasteiger partial charge in [-0.25, -0.2) is 0 Å². The number of rotatable bonds is 3. The maximum absolute atomic E-state index is 6.25. The Morgan fingerprint density at radius 1 is 1.20 bits per heavy atom. The fourth-order valence-corrected chi connectivity index (χ4v) is 3.66. The molecule has 108 valence electrons. The molecule has 0 aliphatic carbocycles. The van der Waals surface area contributed by atoms with E-state index in [9.17, 15) is 0 Å². The summed E-state index contributed by atoms with van der Waals surface area (Å²) in [6.45, 7) is 1.93. The zero-order valence-corrected chi connectivity index (χ0v) is 12.0. The van der Waals surface area contributed by atoms with E-state index in [4.69, 9.17) is 25.8 Å². The molecule has 3 unspecified atom stereocenters. The van der Waals surface area contributed by atoms with E-state index in [2.05, 4.69) is 5.32 Å². The molecule has 0 spiro atoms. The quantitative estimate of drug-likeness (QED) is 0.930. The molecular formula is C15H18ClNO3. The highest BCUT2D eigenvalue weighted by molar-refractivity contribution is 6.32. The van der Waals surface area contributed by atoms with Gasteiger partial charge in [-0.05, 0) is 37.0 Å². The highest BCUT2D eigenvalue weighted by Gasteiger charge is 2.40. The Labute approximate surface area is 123 Å². The number of fused-ring (bicyclic) bond motifs is 3. The van der Waals surface area contributed by atoms with Crippen LogP contribution in [-0.4, -0.2) is 31.5 Å². The van der Waals surface area contributed by atoms with E-state index in [1.165, 1.54) is 12.8 Å². The first-order chi connectivity index (χ1) is 9.79. The molecule has 3 atom stereocenters. The van der Waals surface area contributed by atoms with Crippen molar-refractivity contribution in [3.8, 4) is 11.5 Å². The summed E-state index contributed by atoms with van der Waals surface area (Å²) < 4.78 is 17.0. The van der Waals surface area contributed by atoms with Gasteiger partial charge >= 0.3 is 0 Å². The number of halogens is 1. The molecular weight excluding hydrogens is 278 g/mol. The summed E-state index contributed by atoms with van der Waals surface area (Å²) in [5.74, 6) is 1.43. The van der Waals surface area contributed by atoms with Crippen LogP contribution in [0, 0.1) is 0 Å². The van der Waals surface area contributed by atoms with Crippen LogP contribution in [0.5, 0.6) is 11.5 Å². The smallest absolute Gasteiger partial charge is 0.179 e. The molecule has 20 heavy (non-hydrogen) atoms. The van der Waals surface area contributed by atoms with E-state index >= 15 is 0 Å². The Balaban J connectivity index is 1.45. The third-order valence-electron chi connectivity index (χ3n) is 4.33. The van der Waals surface area contributed by atoms with Crippen molar-refractivity contribution in [2.45, 2.75) is 44.1 Å². The lowest BCUT2D eigenvalue weighted by molar-refractivity contribution is 0.0973.